The largest absolute Gasteiger partial charge is 0.506 e. The first-order chi connectivity index (χ1) is 9.25. The van der Waals surface area contributed by atoms with Gasteiger partial charge >= 0.3 is 0 Å². The van der Waals surface area contributed by atoms with Crippen LogP contribution in [0.5, 0.6) is 11.5 Å². The molecule has 0 fully saturated rings. The van der Waals surface area contributed by atoms with Gasteiger partial charge in [0.1, 0.15) is 21.5 Å². The van der Waals surface area contributed by atoms with Crippen LogP contribution in [0.2, 0.25) is 15.1 Å². The van der Waals surface area contributed by atoms with Crippen LogP contribution < -0.4 is 11.5 Å². The van der Waals surface area contributed by atoms with Crippen molar-refractivity contribution in [3.05, 3.63) is 44.9 Å². The maximum atomic E-state index is 9.18. The minimum absolute atomic E-state index is 0.0523. The molecule has 0 aromatic heterocycles. The number of nitrogen functional groups attached to an aromatic ring is 2. The minimum Gasteiger partial charge on any atom is -0.506 e. The van der Waals surface area contributed by atoms with Crippen LogP contribution >= 0.6 is 34.8 Å². The van der Waals surface area contributed by atoms with Crippen LogP contribution in [0.25, 0.3) is 0 Å². The van der Waals surface area contributed by atoms with Gasteiger partial charge in [0, 0.05) is 0 Å². The van der Waals surface area contributed by atoms with E-state index in [2.05, 4.69) is 0 Å². The predicted molar refractivity (Wildman–Crippen MR) is 84.8 cm³/mol. The molecule has 0 radical (unpaired) electrons. The fourth-order valence-electron chi connectivity index (χ4n) is 1.23. The summed E-state index contributed by atoms with van der Waals surface area (Å²) >= 11 is 16.7. The fraction of sp³-hybridized carbons (Fsp3) is 0.0769. The topological polar surface area (TPSA) is 92.5 Å². The standard InChI is InChI=1S/C7H8ClNO.C6H5Cl2NO/c1-4-2-3-5(9)6(8)7(4)10;7-3-1-2-4(10)5(8)6(3)9/h2-3,10H,9H2,1H3;1-2,10H,9H2. The molecular weight excluding hydrogens is 323 g/mol. The van der Waals surface area contributed by atoms with Crippen molar-refractivity contribution in [1.82, 2.24) is 0 Å². The van der Waals surface area contributed by atoms with E-state index in [-0.39, 0.29) is 27.2 Å². The van der Waals surface area contributed by atoms with Crippen LogP contribution in [0, 0.1) is 6.92 Å². The maximum absolute atomic E-state index is 9.18. The van der Waals surface area contributed by atoms with E-state index in [4.69, 9.17) is 51.4 Å². The molecule has 0 aliphatic heterocycles. The van der Waals surface area contributed by atoms with Gasteiger partial charge in [-0.25, -0.2) is 0 Å². The summed E-state index contributed by atoms with van der Waals surface area (Å²) in [6.45, 7) is 1.76. The summed E-state index contributed by atoms with van der Waals surface area (Å²) in [5.41, 5.74) is 12.1. The van der Waals surface area contributed by atoms with Crippen molar-refractivity contribution in [3.8, 4) is 11.5 Å². The highest BCUT2D eigenvalue weighted by atomic mass is 35.5. The normalized spacial score (nSPS) is 9.80. The molecule has 4 nitrogen and oxygen atoms in total. The number of phenolic OH excluding ortho intramolecular Hbond substituents is 2. The Balaban J connectivity index is 0.000000200. The quantitative estimate of drug-likeness (QED) is 0.542. The Labute approximate surface area is 131 Å². The van der Waals surface area contributed by atoms with Crippen LogP contribution in [0.1, 0.15) is 5.56 Å². The van der Waals surface area contributed by atoms with Crippen molar-refractivity contribution >= 4 is 46.2 Å². The van der Waals surface area contributed by atoms with E-state index < -0.39 is 0 Å². The van der Waals surface area contributed by atoms with Crippen molar-refractivity contribution in [2.24, 2.45) is 0 Å². The highest BCUT2D eigenvalue weighted by Crippen LogP contribution is 2.34. The zero-order chi connectivity index (χ0) is 15.4. The average Bonchev–Trinajstić information content (AvgIpc) is 2.43. The van der Waals surface area contributed by atoms with Crippen molar-refractivity contribution < 1.29 is 10.2 Å². The highest BCUT2D eigenvalue weighted by molar-refractivity contribution is 6.39. The monoisotopic (exact) mass is 334 g/mol. The number of phenols is 2. The summed E-state index contributed by atoms with van der Waals surface area (Å²) in [5.74, 6) is 0.0187. The van der Waals surface area contributed by atoms with E-state index in [0.29, 0.717) is 10.7 Å². The van der Waals surface area contributed by atoms with Gasteiger partial charge in [0.2, 0.25) is 0 Å². The molecular formula is C13H13Cl3N2O2. The number of aryl methyl sites for hydroxylation is 1. The van der Waals surface area contributed by atoms with Crippen LogP contribution in [-0.2, 0) is 0 Å². The number of anilines is 2. The molecule has 20 heavy (non-hydrogen) atoms. The summed E-state index contributed by atoms with van der Waals surface area (Å²) in [5, 5.41) is 18.8. The van der Waals surface area contributed by atoms with Crippen molar-refractivity contribution in [3.63, 3.8) is 0 Å². The SMILES string of the molecule is Cc1ccc(N)c(Cl)c1O.Nc1c(Cl)ccc(O)c1Cl. The molecule has 0 saturated heterocycles. The predicted octanol–water partition coefficient (Wildman–Crippen LogP) is 4.22. The third kappa shape index (κ3) is 3.76. The summed E-state index contributed by atoms with van der Waals surface area (Å²) in [4.78, 5) is 0. The summed E-state index contributed by atoms with van der Waals surface area (Å²) < 4.78 is 0. The lowest BCUT2D eigenvalue weighted by molar-refractivity contribution is 0.471. The third-order valence-corrected chi connectivity index (χ3v) is 3.58. The van der Waals surface area contributed by atoms with Gasteiger partial charge < -0.3 is 21.7 Å². The second-order valence-electron chi connectivity index (χ2n) is 3.93. The van der Waals surface area contributed by atoms with Gasteiger partial charge in [0.25, 0.3) is 0 Å². The van der Waals surface area contributed by atoms with Crippen molar-refractivity contribution in [2.75, 3.05) is 11.5 Å². The van der Waals surface area contributed by atoms with Gasteiger partial charge in [-0.05, 0) is 30.7 Å². The first-order valence-electron chi connectivity index (χ1n) is 5.41. The number of rotatable bonds is 0. The van der Waals surface area contributed by atoms with Gasteiger partial charge in [0.05, 0.1) is 16.4 Å². The lowest BCUT2D eigenvalue weighted by Gasteiger charge is -2.02. The Hall–Kier alpha value is -1.49. The summed E-state index contributed by atoms with van der Waals surface area (Å²) in [7, 11) is 0. The summed E-state index contributed by atoms with van der Waals surface area (Å²) in [6, 6.07) is 6.26. The lowest BCUT2D eigenvalue weighted by Crippen LogP contribution is -1.86. The Bertz CT molecular complexity index is 524. The smallest absolute Gasteiger partial charge is 0.139 e. The maximum Gasteiger partial charge on any atom is 0.139 e. The second kappa shape index (κ2) is 6.79. The summed E-state index contributed by atoms with van der Waals surface area (Å²) in [6.07, 6.45) is 0. The number of benzene rings is 2. The Morgan fingerprint density at radius 2 is 1.50 bits per heavy atom. The molecule has 0 amide bonds. The van der Waals surface area contributed by atoms with Gasteiger partial charge in [-0.1, -0.05) is 40.9 Å². The van der Waals surface area contributed by atoms with E-state index in [1.807, 2.05) is 0 Å². The highest BCUT2D eigenvalue weighted by Gasteiger charge is 2.05. The molecule has 2 aromatic rings. The molecule has 2 rings (SSSR count). The molecule has 2 aromatic carbocycles. The third-order valence-electron chi connectivity index (χ3n) is 2.45. The molecule has 7 heteroatoms. The Morgan fingerprint density at radius 1 is 0.900 bits per heavy atom. The van der Waals surface area contributed by atoms with Gasteiger partial charge in [0.15, 0.2) is 0 Å². The second-order valence-corrected chi connectivity index (χ2v) is 5.09. The lowest BCUT2D eigenvalue weighted by atomic mass is 10.2. The Kier molecular flexibility index (Phi) is 5.62. The van der Waals surface area contributed by atoms with Gasteiger partial charge in [-0.2, -0.15) is 0 Å². The van der Waals surface area contributed by atoms with E-state index in [9.17, 15) is 5.11 Å². The number of aromatic hydroxyl groups is 2. The van der Waals surface area contributed by atoms with Crippen molar-refractivity contribution in [2.45, 2.75) is 6.92 Å². The van der Waals surface area contributed by atoms with Crippen LogP contribution in [0.4, 0.5) is 11.4 Å². The zero-order valence-corrected chi connectivity index (χ0v) is 12.8. The van der Waals surface area contributed by atoms with E-state index >= 15 is 0 Å². The van der Waals surface area contributed by atoms with E-state index in [0.717, 1.165) is 5.56 Å². The molecule has 108 valence electrons. The van der Waals surface area contributed by atoms with E-state index in [1.54, 1.807) is 19.1 Å². The van der Waals surface area contributed by atoms with Crippen LogP contribution in [0.3, 0.4) is 0 Å². The molecule has 0 aliphatic carbocycles. The molecule has 0 spiro atoms. The van der Waals surface area contributed by atoms with Crippen LogP contribution in [-0.4, -0.2) is 10.2 Å². The number of halogens is 3. The van der Waals surface area contributed by atoms with Crippen molar-refractivity contribution in [1.29, 1.82) is 0 Å². The van der Waals surface area contributed by atoms with E-state index in [1.165, 1.54) is 12.1 Å². The number of hydrogen-bond donors (Lipinski definition) is 4. The average molecular weight is 336 g/mol. The molecule has 0 atom stereocenters. The van der Waals surface area contributed by atoms with Gasteiger partial charge in [-0.15, -0.1) is 0 Å². The minimum atomic E-state index is -0.0523. The fourth-order valence-corrected chi connectivity index (χ4v) is 1.82. The Morgan fingerprint density at radius 3 is 2.00 bits per heavy atom. The molecule has 0 aliphatic rings. The molecule has 0 saturated carbocycles. The first-order valence-corrected chi connectivity index (χ1v) is 6.55. The first kappa shape index (κ1) is 16.6. The molecule has 6 N–H and O–H groups in total. The molecule has 0 unspecified atom stereocenters. The zero-order valence-electron chi connectivity index (χ0n) is 10.5. The number of nitrogens with two attached hydrogens (primary N) is 2. The molecule has 0 heterocycles. The molecule has 0 bridgehead atoms. The van der Waals surface area contributed by atoms with Gasteiger partial charge in [-0.3, -0.25) is 0 Å². The number of hydrogen-bond acceptors (Lipinski definition) is 4. The van der Waals surface area contributed by atoms with Crippen LogP contribution in [0.15, 0.2) is 24.3 Å².